The first-order valence-electron chi connectivity index (χ1n) is 4.78. The average Bonchev–Trinajstić information content (AvgIpc) is 2.18. The summed E-state index contributed by atoms with van der Waals surface area (Å²) in [6, 6.07) is 5.61. The van der Waals surface area contributed by atoms with Crippen LogP contribution in [0.25, 0.3) is 0 Å². The fourth-order valence-corrected chi connectivity index (χ4v) is 1.64. The van der Waals surface area contributed by atoms with Crippen LogP contribution in [0.5, 0.6) is 5.88 Å². The highest BCUT2D eigenvalue weighted by atomic mass is 16.5. The van der Waals surface area contributed by atoms with Gasteiger partial charge in [0.15, 0.2) is 0 Å². The van der Waals surface area contributed by atoms with Crippen molar-refractivity contribution in [2.45, 2.75) is 13.0 Å². The van der Waals surface area contributed by atoms with Gasteiger partial charge in [0.2, 0.25) is 5.88 Å². The summed E-state index contributed by atoms with van der Waals surface area (Å²) in [4.78, 5) is 6.22. The molecule has 1 aliphatic rings. The van der Waals surface area contributed by atoms with Crippen LogP contribution in [0.4, 0.5) is 5.82 Å². The van der Waals surface area contributed by atoms with E-state index in [9.17, 15) is 5.11 Å². The highest BCUT2D eigenvalue weighted by Gasteiger charge is 2.19. The molecule has 0 radical (unpaired) electrons. The molecule has 0 amide bonds. The topological polar surface area (TPSA) is 45.6 Å². The molecule has 0 bridgehead atoms. The number of morpholine rings is 1. The maximum absolute atomic E-state index is 9.26. The third-order valence-electron chi connectivity index (χ3n) is 2.38. The van der Waals surface area contributed by atoms with Crippen LogP contribution in [0.3, 0.4) is 0 Å². The Kier molecular flexibility index (Phi) is 2.54. The first-order valence-corrected chi connectivity index (χ1v) is 4.78. The molecule has 1 unspecified atom stereocenters. The van der Waals surface area contributed by atoms with Crippen molar-refractivity contribution in [3.8, 4) is 5.88 Å². The van der Waals surface area contributed by atoms with Gasteiger partial charge in [-0.25, -0.2) is 0 Å². The number of rotatable bonds is 1. The lowest BCUT2D eigenvalue weighted by atomic mass is 10.2. The fourth-order valence-electron chi connectivity index (χ4n) is 1.64. The average molecular weight is 194 g/mol. The van der Waals surface area contributed by atoms with E-state index >= 15 is 0 Å². The van der Waals surface area contributed by atoms with Crippen molar-refractivity contribution >= 4 is 5.82 Å². The van der Waals surface area contributed by atoms with Crippen molar-refractivity contribution in [3.05, 3.63) is 18.2 Å². The highest BCUT2D eigenvalue weighted by molar-refractivity contribution is 5.41. The minimum absolute atomic E-state index is 0.0705. The van der Waals surface area contributed by atoms with Crippen molar-refractivity contribution in [2.75, 3.05) is 24.7 Å². The molecule has 14 heavy (non-hydrogen) atoms. The molecule has 1 fully saturated rings. The summed E-state index contributed by atoms with van der Waals surface area (Å²) < 4.78 is 5.33. The van der Waals surface area contributed by atoms with Gasteiger partial charge in [0.25, 0.3) is 0 Å². The Morgan fingerprint density at radius 1 is 1.57 bits per heavy atom. The molecule has 1 aliphatic heterocycles. The zero-order valence-electron chi connectivity index (χ0n) is 8.18. The molecule has 0 aromatic carbocycles. The number of aromatic nitrogens is 1. The van der Waals surface area contributed by atoms with Gasteiger partial charge in [-0.05, 0) is 13.0 Å². The third kappa shape index (κ3) is 1.80. The summed E-state index contributed by atoms with van der Waals surface area (Å²) >= 11 is 0. The summed E-state index contributed by atoms with van der Waals surface area (Å²) in [6.45, 7) is 4.36. The fraction of sp³-hybridized carbons (Fsp3) is 0.500. The lowest BCUT2D eigenvalue weighted by molar-refractivity contribution is 0.0985. The van der Waals surface area contributed by atoms with Crippen LogP contribution in [0.2, 0.25) is 0 Å². The number of nitrogens with zero attached hydrogens (tertiary/aromatic N) is 2. The van der Waals surface area contributed by atoms with Gasteiger partial charge in [0, 0.05) is 12.6 Å². The van der Waals surface area contributed by atoms with E-state index in [1.54, 1.807) is 12.1 Å². The molecule has 1 atom stereocenters. The second-order valence-electron chi connectivity index (χ2n) is 3.47. The van der Waals surface area contributed by atoms with E-state index < -0.39 is 0 Å². The van der Waals surface area contributed by atoms with Crippen molar-refractivity contribution in [1.82, 2.24) is 4.98 Å². The number of aromatic hydroxyl groups is 1. The van der Waals surface area contributed by atoms with E-state index in [0.29, 0.717) is 6.04 Å². The van der Waals surface area contributed by atoms with Crippen molar-refractivity contribution in [2.24, 2.45) is 0 Å². The van der Waals surface area contributed by atoms with Crippen LogP contribution in [0, 0.1) is 0 Å². The van der Waals surface area contributed by atoms with Crippen LogP contribution in [0.15, 0.2) is 18.2 Å². The van der Waals surface area contributed by atoms with Crippen molar-refractivity contribution in [3.63, 3.8) is 0 Å². The van der Waals surface area contributed by atoms with Crippen molar-refractivity contribution < 1.29 is 9.84 Å². The standard InChI is InChI=1S/C10H14N2O2/c1-8-7-14-6-5-12(8)9-3-2-4-10(13)11-9/h2-4,8H,5-7H2,1H3,(H,11,13). The third-order valence-corrected chi connectivity index (χ3v) is 2.38. The van der Waals surface area contributed by atoms with Gasteiger partial charge in [-0.1, -0.05) is 6.07 Å². The van der Waals surface area contributed by atoms with E-state index in [2.05, 4.69) is 16.8 Å². The van der Waals surface area contributed by atoms with Gasteiger partial charge in [0.05, 0.1) is 19.3 Å². The normalized spacial score (nSPS) is 22.4. The maximum atomic E-state index is 9.26. The number of pyridine rings is 1. The van der Waals surface area contributed by atoms with E-state index in [1.165, 1.54) is 0 Å². The molecule has 4 nitrogen and oxygen atoms in total. The number of hydrogen-bond acceptors (Lipinski definition) is 4. The van der Waals surface area contributed by atoms with Gasteiger partial charge >= 0.3 is 0 Å². The molecular weight excluding hydrogens is 180 g/mol. The zero-order valence-corrected chi connectivity index (χ0v) is 8.18. The molecule has 2 rings (SSSR count). The molecule has 1 aromatic rings. The Labute approximate surface area is 83.1 Å². The molecule has 0 spiro atoms. The Morgan fingerprint density at radius 2 is 2.43 bits per heavy atom. The molecule has 4 heteroatoms. The SMILES string of the molecule is CC1COCCN1c1cccc(O)n1. The van der Waals surface area contributed by atoms with Gasteiger partial charge < -0.3 is 14.7 Å². The van der Waals surface area contributed by atoms with Gasteiger partial charge in [-0.3, -0.25) is 0 Å². The Bertz CT molecular complexity index is 317. The zero-order chi connectivity index (χ0) is 9.97. The molecule has 76 valence electrons. The summed E-state index contributed by atoms with van der Waals surface area (Å²) in [5, 5.41) is 9.26. The van der Waals surface area contributed by atoms with E-state index in [0.717, 1.165) is 25.6 Å². The van der Waals surface area contributed by atoms with Crippen LogP contribution in [-0.2, 0) is 4.74 Å². The van der Waals surface area contributed by atoms with E-state index in [4.69, 9.17) is 4.74 Å². The summed E-state index contributed by atoms with van der Waals surface area (Å²) in [5.74, 6) is 0.891. The highest BCUT2D eigenvalue weighted by Crippen LogP contribution is 2.19. The molecule has 1 N–H and O–H groups in total. The predicted molar refractivity (Wildman–Crippen MR) is 53.5 cm³/mol. The predicted octanol–water partition coefficient (Wildman–Crippen LogP) is 1.01. The number of ether oxygens (including phenoxy) is 1. The van der Waals surface area contributed by atoms with Crippen LogP contribution >= 0.6 is 0 Å². The van der Waals surface area contributed by atoms with Crippen LogP contribution < -0.4 is 4.90 Å². The van der Waals surface area contributed by atoms with E-state index in [1.807, 2.05) is 6.07 Å². The molecule has 2 heterocycles. The maximum Gasteiger partial charge on any atom is 0.212 e. The van der Waals surface area contributed by atoms with E-state index in [-0.39, 0.29) is 5.88 Å². The largest absolute Gasteiger partial charge is 0.493 e. The molecule has 0 aliphatic carbocycles. The molecule has 1 saturated heterocycles. The quantitative estimate of drug-likeness (QED) is 0.724. The second kappa shape index (κ2) is 3.84. The summed E-state index contributed by atoms with van der Waals surface area (Å²) in [6.07, 6.45) is 0. The molecule has 1 aromatic heterocycles. The summed E-state index contributed by atoms with van der Waals surface area (Å²) in [5.41, 5.74) is 0. The lowest BCUT2D eigenvalue weighted by Crippen LogP contribution is -2.44. The van der Waals surface area contributed by atoms with Crippen molar-refractivity contribution in [1.29, 1.82) is 0 Å². The summed E-state index contributed by atoms with van der Waals surface area (Å²) in [7, 11) is 0. The number of anilines is 1. The Hall–Kier alpha value is -1.29. The van der Waals surface area contributed by atoms with Crippen LogP contribution in [-0.4, -0.2) is 35.9 Å². The molecular formula is C10H14N2O2. The smallest absolute Gasteiger partial charge is 0.212 e. The Balaban J connectivity index is 2.20. The Morgan fingerprint density at radius 3 is 3.14 bits per heavy atom. The second-order valence-corrected chi connectivity index (χ2v) is 3.47. The van der Waals surface area contributed by atoms with Gasteiger partial charge in [-0.15, -0.1) is 0 Å². The first-order chi connectivity index (χ1) is 6.77. The minimum atomic E-state index is 0.0705. The van der Waals surface area contributed by atoms with Gasteiger partial charge in [-0.2, -0.15) is 4.98 Å². The van der Waals surface area contributed by atoms with Crippen LogP contribution in [0.1, 0.15) is 6.92 Å². The minimum Gasteiger partial charge on any atom is -0.493 e. The first kappa shape index (κ1) is 9.27. The lowest BCUT2D eigenvalue weighted by Gasteiger charge is -2.34. The monoisotopic (exact) mass is 194 g/mol. The van der Waals surface area contributed by atoms with Gasteiger partial charge in [0.1, 0.15) is 5.82 Å². The molecule has 0 saturated carbocycles. The number of hydrogen-bond donors (Lipinski definition) is 1.